The Morgan fingerprint density at radius 2 is 2.07 bits per heavy atom. The molecule has 1 saturated heterocycles. The van der Waals surface area contributed by atoms with Crippen molar-refractivity contribution in [1.29, 1.82) is 0 Å². The Morgan fingerprint density at radius 1 is 1.32 bits per heavy atom. The van der Waals surface area contributed by atoms with Crippen molar-refractivity contribution < 1.29 is 28.7 Å². The Hall–Kier alpha value is -2.94. The number of ether oxygens (including phenoxy) is 2. The van der Waals surface area contributed by atoms with Crippen LogP contribution in [-0.4, -0.2) is 57.8 Å². The number of carboxylic acid groups (broad SMARTS) is 1. The topological polar surface area (TPSA) is 115 Å². The number of nitrogens with zero attached hydrogens (tertiary/aromatic N) is 3. The summed E-state index contributed by atoms with van der Waals surface area (Å²) in [5.74, 6) is 0.420. The van der Waals surface area contributed by atoms with E-state index in [-0.39, 0.29) is 31.1 Å². The van der Waals surface area contributed by atoms with E-state index in [2.05, 4.69) is 10.1 Å². The van der Waals surface area contributed by atoms with E-state index in [0.29, 0.717) is 42.4 Å². The third-order valence-electron chi connectivity index (χ3n) is 4.66. The van der Waals surface area contributed by atoms with Crippen LogP contribution < -0.4 is 4.74 Å². The van der Waals surface area contributed by atoms with Gasteiger partial charge in [0.05, 0.1) is 12.5 Å². The molecule has 1 aliphatic heterocycles. The number of carbonyl (C=O) groups excluding carboxylic acids is 1. The summed E-state index contributed by atoms with van der Waals surface area (Å²) in [6.07, 6.45) is 0.920. The van der Waals surface area contributed by atoms with E-state index in [1.54, 1.807) is 36.3 Å². The Kier molecular flexibility index (Phi) is 6.25. The summed E-state index contributed by atoms with van der Waals surface area (Å²) in [4.78, 5) is 29.7. The molecule has 9 nitrogen and oxygen atoms in total. The zero-order valence-electron chi connectivity index (χ0n) is 15.8. The highest BCUT2D eigenvalue weighted by Gasteiger charge is 2.36. The SMILES string of the molecule is CCc1nc(COc2ccc(C(=O)N3CC(OC)CC3CC(=O)O)cc2)no1. The molecule has 2 unspecified atom stereocenters. The number of carbonyl (C=O) groups is 2. The van der Waals surface area contributed by atoms with E-state index >= 15 is 0 Å². The molecule has 1 fully saturated rings. The van der Waals surface area contributed by atoms with Gasteiger partial charge in [-0.05, 0) is 30.7 Å². The van der Waals surface area contributed by atoms with Crippen molar-refractivity contribution in [2.75, 3.05) is 13.7 Å². The molecular weight excluding hydrogens is 366 g/mol. The number of hydrogen-bond acceptors (Lipinski definition) is 7. The van der Waals surface area contributed by atoms with E-state index in [1.807, 2.05) is 6.92 Å². The van der Waals surface area contributed by atoms with E-state index in [1.165, 1.54) is 0 Å². The van der Waals surface area contributed by atoms with Crippen LogP contribution in [0.5, 0.6) is 5.75 Å². The highest BCUT2D eigenvalue weighted by atomic mass is 16.5. The Morgan fingerprint density at radius 3 is 2.68 bits per heavy atom. The summed E-state index contributed by atoms with van der Waals surface area (Å²) in [5, 5.41) is 12.9. The fraction of sp³-hybridized carbons (Fsp3) is 0.474. The molecule has 1 aromatic carbocycles. The lowest BCUT2D eigenvalue weighted by atomic mass is 10.1. The van der Waals surface area contributed by atoms with Crippen LogP contribution >= 0.6 is 0 Å². The summed E-state index contributed by atoms with van der Waals surface area (Å²) < 4.78 is 15.9. The number of aryl methyl sites for hydroxylation is 1. The molecule has 1 amide bonds. The van der Waals surface area contributed by atoms with Crippen LogP contribution in [0.4, 0.5) is 0 Å². The molecule has 1 aromatic heterocycles. The summed E-state index contributed by atoms with van der Waals surface area (Å²) in [6.45, 7) is 2.46. The molecule has 2 atom stereocenters. The molecule has 3 rings (SSSR count). The molecule has 0 aliphatic carbocycles. The first-order valence-electron chi connectivity index (χ1n) is 9.10. The lowest BCUT2D eigenvalue weighted by Crippen LogP contribution is -2.37. The van der Waals surface area contributed by atoms with Crippen LogP contribution in [0.15, 0.2) is 28.8 Å². The van der Waals surface area contributed by atoms with Gasteiger partial charge in [0.1, 0.15) is 5.75 Å². The first-order chi connectivity index (χ1) is 13.5. The minimum Gasteiger partial charge on any atom is -0.485 e. The fourth-order valence-corrected chi connectivity index (χ4v) is 3.19. The molecule has 9 heteroatoms. The van der Waals surface area contributed by atoms with Gasteiger partial charge in [-0.3, -0.25) is 9.59 Å². The Bertz CT molecular complexity index is 819. The van der Waals surface area contributed by atoms with Crippen LogP contribution in [-0.2, 0) is 22.6 Å². The van der Waals surface area contributed by atoms with Crippen molar-refractivity contribution in [3.63, 3.8) is 0 Å². The van der Waals surface area contributed by atoms with Crippen molar-refractivity contribution in [3.05, 3.63) is 41.5 Å². The second-order valence-electron chi connectivity index (χ2n) is 6.57. The average molecular weight is 389 g/mol. The first-order valence-corrected chi connectivity index (χ1v) is 9.10. The lowest BCUT2D eigenvalue weighted by molar-refractivity contribution is -0.138. The number of aromatic nitrogens is 2. The van der Waals surface area contributed by atoms with Crippen LogP contribution in [0.1, 0.15) is 41.8 Å². The molecule has 2 aromatic rings. The van der Waals surface area contributed by atoms with Gasteiger partial charge in [-0.25, -0.2) is 0 Å². The predicted molar refractivity (Wildman–Crippen MR) is 96.9 cm³/mol. The number of aliphatic carboxylic acids is 1. The van der Waals surface area contributed by atoms with Crippen LogP contribution in [0.2, 0.25) is 0 Å². The zero-order valence-corrected chi connectivity index (χ0v) is 15.8. The van der Waals surface area contributed by atoms with Crippen molar-refractivity contribution in [2.24, 2.45) is 0 Å². The standard InChI is InChI=1S/C19H23N3O6/c1-3-17-20-16(21-28-17)11-27-14-6-4-12(5-7-14)19(25)22-10-15(26-2)8-13(22)9-18(23)24/h4-7,13,15H,3,8-11H2,1-2H3,(H,23,24). The molecule has 2 heterocycles. The van der Waals surface area contributed by atoms with Gasteiger partial charge in [0.15, 0.2) is 6.61 Å². The highest BCUT2D eigenvalue weighted by molar-refractivity contribution is 5.95. The third kappa shape index (κ3) is 4.66. The van der Waals surface area contributed by atoms with Gasteiger partial charge in [0, 0.05) is 31.7 Å². The second kappa shape index (κ2) is 8.83. The number of hydrogen-bond donors (Lipinski definition) is 1. The number of amides is 1. The van der Waals surface area contributed by atoms with E-state index < -0.39 is 5.97 Å². The molecule has 0 radical (unpaired) electrons. The maximum atomic E-state index is 12.8. The Balaban J connectivity index is 1.62. The van der Waals surface area contributed by atoms with Crippen LogP contribution in [0.3, 0.4) is 0 Å². The van der Waals surface area contributed by atoms with Crippen molar-refractivity contribution >= 4 is 11.9 Å². The Labute approximate surface area is 162 Å². The second-order valence-corrected chi connectivity index (χ2v) is 6.57. The minimum absolute atomic E-state index is 0.1000. The van der Waals surface area contributed by atoms with Crippen molar-refractivity contribution in [2.45, 2.75) is 44.9 Å². The molecule has 1 N–H and O–H groups in total. The van der Waals surface area contributed by atoms with E-state index in [0.717, 1.165) is 0 Å². The van der Waals surface area contributed by atoms with Gasteiger partial charge in [-0.15, -0.1) is 0 Å². The average Bonchev–Trinajstić information content (AvgIpc) is 3.32. The van der Waals surface area contributed by atoms with Gasteiger partial charge < -0.3 is 24.0 Å². The maximum Gasteiger partial charge on any atom is 0.305 e. The zero-order chi connectivity index (χ0) is 20.1. The third-order valence-corrected chi connectivity index (χ3v) is 4.66. The summed E-state index contributed by atoms with van der Waals surface area (Å²) in [7, 11) is 1.57. The van der Waals surface area contributed by atoms with Gasteiger partial charge >= 0.3 is 5.97 Å². The molecule has 1 aliphatic rings. The monoisotopic (exact) mass is 389 g/mol. The molecule has 28 heavy (non-hydrogen) atoms. The highest BCUT2D eigenvalue weighted by Crippen LogP contribution is 2.25. The van der Waals surface area contributed by atoms with E-state index in [9.17, 15) is 9.59 Å². The molecule has 0 bridgehead atoms. The predicted octanol–water partition coefficient (Wildman–Crippen LogP) is 1.92. The van der Waals surface area contributed by atoms with Crippen molar-refractivity contribution in [3.8, 4) is 5.75 Å². The van der Waals surface area contributed by atoms with Crippen LogP contribution in [0, 0.1) is 0 Å². The summed E-state index contributed by atoms with van der Waals surface area (Å²) in [5.41, 5.74) is 0.465. The maximum absolute atomic E-state index is 12.8. The quantitative estimate of drug-likeness (QED) is 0.728. The fourth-order valence-electron chi connectivity index (χ4n) is 3.19. The van der Waals surface area contributed by atoms with Gasteiger partial charge in [-0.1, -0.05) is 12.1 Å². The summed E-state index contributed by atoms with van der Waals surface area (Å²) >= 11 is 0. The molecule has 150 valence electrons. The number of benzene rings is 1. The number of rotatable bonds is 8. The lowest BCUT2D eigenvalue weighted by Gasteiger charge is -2.23. The molecule has 0 spiro atoms. The normalized spacial score (nSPS) is 19.0. The molecule has 0 saturated carbocycles. The van der Waals surface area contributed by atoms with Crippen molar-refractivity contribution in [1.82, 2.24) is 15.0 Å². The number of methoxy groups -OCH3 is 1. The van der Waals surface area contributed by atoms with Gasteiger partial charge in [0.2, 0.25) is 11.7 Å². The van der Waals surface area contributed by atoms with Crippen LogP contribution in [0.25, 0.3) is 0 Å². The largest absolute Gasteiger partial charge is 0.485 e. The molecular formula is C19H23N3O6. The van der Waals surface area contributed by atoms with E-state index in [4.69, 9.17) is 19.1 Å². The first kappa shape index (κ1) is 19.8. The van der Waals surface area contributed by atoms with Gasteiger partial charge in [-0.2, -0.15) is 4.98 Å². The smallest absolute Gasteiger partial charge is 0.305 e. The number of carboxylic acids is 1. The minimum atomic E-state index is -0.934. The number of likely N-dealkylation sites (tertiary alicyclic amines) is 1. The van der Waals surface area contributed by atoms with Gasteiger partial charge in [0.25, 0.3) is 5.91 Å². The summed E-state index contributed by atoms with van der Waals surface area (Å²) in [6, 6.07) is 6.30.